The van der Waals surface area contributed by atoms with E-state index >= 15 is 0 Å². The topological polar surface area (TPSA) is 67.9 Å². The summed E-state index contributed by atoms with van der Waals surface area (Å²) in [5, 5.41) is 2.87. The molecule has 0 spiro atoms. The lowest BCUT2D eigenvalue weighted by Crippen LogP contribution is -2.58. The van der Waals surface area contributed by atoms with Gasteiger partial charge in [-0.2, -0.15) is 0 Å². The second-order valence-corrected chi connectivity index (χ2v) is 7.71. The first kappa shape index (κ1) is 22.3. The van der Waals surface area contributed by atoms with Gasteiger partial charge in [-0.3, -0.25) is 9.59 Å². The second kappa shape index (κ2) is 9.73. The van der Waals surface area contributed by atoms with Gasteiger partial charge in [0.2, 0.25) is 5.91 Å². The van der Waals surface area contributed by atoms with Crippen molar-refractivity contribution in [2.75, 3.05) is 27.3 Å². The van der Waals surface area contributed by atoms with Crippen LogP contribution in [0.3, 0.4) is 0 Å². The summed E-state index contributed by atoms with van der Waals surface area (Å²) in [7, 11) is 2.98. The number of hydrogen-bond donors (Lipinski definition) is 1. The molecule has 0 unspecified atom stereocenters. The Morgan fingerprint density at radius 3 is 2.33 bits per heavy atom. The van der Waals surface area contributed by atoms with Crippen molar-refractivity contribution in [2.45, 2.75) is 12.5 Å². The van der Waals surface area contributed by atoms with Gasteiger partial charge in [0.05, 0.1) is 14.2 Å². The second-order valence-electron chi connectivity index (χ2n) is 7.71. The highest BCUT2D eigenvalue weighted by Crippen LogP contribution is 2.32. The molecule has 0 radical (unpaired) electrons. The summed E-state index contributed by atoms with van der Waals surface area (Å²) in [4.78, 5) is 28.1. The van der Waals surface area contributed by atoms with Gasteiger partial charge in [0.25, 0.3) is 5.91 Å². The number of amides is 2. The predicted molar refractivity (Wildman–Crippen MR) is 123 cm³/mol. The molecule has 1 saturated heterocycles. The van der Waals surface area contributed by atoms with Crippen molar-refractivity contribution in [3.63, 3.8) is 0 Å². The zero-order valence-electron chi connectivity index (χ0n) is 18.5. The molecule has 170 valence electrons. The van der Waals surface area contributed by atoms with Crippen LogP contribution in [0.25, 0.3) is 11.1 Å². The number of nitrogens with zero attached hydrogens (tertiary/aromatic N) is 1. The number of nitrogens with one attached hydrogen (secondary N) is 1. The van der Waals surface area contributed by atoms with Crippen LogP contribution in [0.5, 0.6) is 11.5 Å². The summed E-state index contributed by atoms with van der Waals surface area (Å²) in [5.41, 5.74) is 2.90. The van der Waals surface area contributed by atoms with Gasteiger partial charge in [0.1, 0.15) is 28.9 Å². The van der Waals surface area contributed by atoms with Gasteiger partial charge in [-0.15, -0.1) is 0 Å². The quantitative estimate of drug-likeness (QED) is 0.625. The van der Waals surface area contributed by atoms with Crippen molar-refractivity contribution in [1.29, 1.82) is 0 Å². The highest BCUT2D eigenvalue weighted by Gasteiger charge is 2.36. The molecule has 0 aromatic heterocycles. The molecule has 33 heavy (non-hydrogen) atoms. The largest absolute Gasteiger partial charge is 0.496 e. The molecule has 7 heteroatoms. The van der Waals surface area contributed by atoms with Crippen LogP contribution in [0.15, 0.2) is 66.7 Å². The third kappa shape index (κ3) is 4.53. The van der Waals surface area contributed by atoms with Gasteiger partial charge >= 0.3 is 0 Å². The Kier molecular flexibility index (Phi) is 6.58. The van der Waals surface area contributed by atoms with E-state index in [0.29, 0.717) is 31.0 Å². The summed E-state index contributed by atoms with van der Waals surface area (Å²) in [6.45, 7) is 0.716. The molecule has 3 aromatic rings. The van der Waals surface area contributed by atoms with Crippen molar-refractivity contribution >= 4 is 11.8 Å². The zero-order valence-corrected chi connectivity index (χ0v) is 18.5. The van der Waals surface area contributed by atoms with Crippen LogP contribution in [0.4, 0.5) is 4.39 Å². The molecule has 1 N–H and O–H groups in total. The molecular formula is C26H25FN2O4. The number of ether oxygens (including phenoxy) is 2. The van der Waals surface area contributed by atoms with Crippen LogP contribution >= 0.6 is 0 Å². The molecule has 1 fully saturated rings. The SMILES string of the molecule is COc1cccc(OC)c1C(=O)N1CCNC(=O)[C@H]1Cc1ccccc1-c1ccc(F)cc1. The lowest BCUT2D eigenvalue weighted by molar-refractivity contribution is -0.127. The monoisotopic (exact) mass is 448 g/mol. The average molecular weight is 448 g/mol. The van der Waals surface area contributed by atoms with Crippen LogP contribution in [-0.2, 0) is 11.2 Å². The first-order chi connectivity index (χ1) is 16.0. The fourth-order valence-corrected chi connectivity index (χ4v) is 4.18. The van der Waals surface area contributed by atoms with E-state index in [-0.39, 0.29) is 23.2 Å². The number of benzene rings is 3. The van der Waals surface area contributed by atoms with Crippen molar-refractivity contribution in [2.24, 2.45) is 0 Å². The number of piperazine rings is 1. The molecule has 4 rings (SSSR count). The fraction of sp³-hybridized carbons (Fsp3) is 0.231. The van der Waals surface area contributed by atoms with E-state index in [0.717, 1.165) is 16.7 Å². The molecule has 1 aliphatic heterocycles. The number of halogens is 1. The summed E-state index contributed by atoms with van der Waals surface area (Å²) in [6.07, 6.45) is 0.308. The maximum Gasteiger partial charge on any atom is 0.262 e. The van der Waals surface area contributed by atoms with E-state index < -0.39 is 6.04 Å². The molecular weight excluding hydrogens is 423 g/mol. The van der Waals surface area contributed by atoms with E-state index in [1.54, 1.807) is 35.2 Å². The van der Waals surface area contributed by atoms with Crippen LogP contribution in [0.1, 0.15) is 15.9 Å². The Morgan fingerprint density at radius 1 is 1.00 bits per heavy atom. The number of rotatable bonds is 6. The van der Waals surface area contributed by atoms with Crippen molar-refractivity contribution in [3.05, 3.63) is 83.7 Å². The highest BCUT2D eigenvalue weighted by molar-refractivity contribution is 6.02. The van der Waals surface area contributed by atoms with Crippen LogP contribution < -0.4 is 14.8 Å². The minimum absolute atomic E-state index is 0.225. The molecule has 0 aliphatic carbocycles. The molecule has 2 amide bonds. The van der Waals surface area contributed by atoms with Gasteiger partial charge in [-0.05, 0) is 41.0 Å². The van der Waals surface area contributed by atoms with Gasteiger partial charge < -0.3 is 19.7 Å². The fourth-order valence-electron chi connectivity index (χ4n) is 4.18. The van der Waals surface area contributed by atoms with Crippen molar-refractivity contribution in [1.82, 2.24) is 10.2 Å². The molecule has 1 aliphatic rings. The molecule has 0 bridgehead atoms. The standard InChI is InChI=1S/C26H25FN2O4/c1-32-22-8-5-9-23(33-2)24(22)26(31)29-15-14-28-25(30)21(29)16-18-6-3-4-7-20(18)17-10-12-19(27)13-11-17/h3-13,21H,14-16H2,1-2H3,(H,28,30)/t21-/m1/s1. The minimum Gasteiger partial charge on any atom is -0.496 e. The first-order valence-corrected chi connectivity index (χ1v) is 10.7. The maximum absolute atomic E-state index is 13.6. The summed E-state index contributed by atoms with van der Waals surface area (Å²) < 4.78 is 24.3. The molecule has 0 saturated carbocycles. The zero-order chi connectivity index (χ0) is 23.4. The van der Waals surface area contributed by atoms with Crippen LogP contribution in [0.2, 0.25) is 0 Å². The van der Waals surface area contributed by atoms with Gasteiger partial charge in [-0.25, -0.2) is 4.39 Å². The number of hydrogen-bond acceptors (Lipinski definition) is 4. The Balaban J connectivity index is 1.70. The van der Waals surface area contributed by atoms with Gasteiger partial charge in [0, 0.05) is 19.5 Å². The molecule has 1 atom stereocenters. The Morgan fingerprint density at radius 2 is 1.67 bits per heavy atom. The van der Waals surface area contributed by atoms with E-state index in [2.05, 4.69) is 5.32 Å². The third-order valence-electron chi connectivity index (χ3n) is 5.82. The summed E-state index contributed by atoms with van der Waals surface area (Å²) in [5.74, 6) is -0.0993. The van der Waals surface area contributed by atoms with E-state index in [1.165, 1.54) is 26.4 Å². The Hall–Kier alpha value is -3.87. The van der Waals surface area contributed by atoms with E-state index in [1.807, 2.05) is 24.3 Å². The number of carbonyl (C=O) groups is 2. The van der Waals surface area contributed by atoms with Crippen LogP contribution in [-0.4, -0.2) is 50.1 Å². The van der Waals surface area contributed by atoms with Crippen molar-refractivity contribution in [3.8, 4) is 22.6 Å². The lowest BCUT2D eigenvalue weighted by atomic mass is 9.93. The summed E-state index contributed by atoms with van der Waals surface area (Å²) in [6, 6.07) is 18.3. The summed E-state index contributed by atoms with van der Waals surface area (Å²) >= 11 is 0. The third-order valence-corrected chi connectivity index (χ3v) is 5.82. The average Bonchev–Trinajstić information content (AvgIpc) is 2.85. The molecule has 1 heterocycles. The minimum atomic E-state index is -0.720. The predicted octanol–water partition coefficient (Wildman–Crippen LogP) is 3.69. The number of carbonyl (C=O) groups excluding carboxylic acids is 2. The van der Waals surface area contributed by atoms with Crippen LogP contribution in [0, 0.1) is 5.82 Å². The molecule has 3 aromatic carbocycles. The normalized spacial score (nSPS) is 15.7. The Bertz CT molecular complexity index is 1140. The maximum atomic E-state index is 13.6. The smallest absolute Gasteiger partial charge is 0.262 e. The van der Waals surface area contributed by atoms with Crippen molar-refractivity contribution < 1.29 is 23.5 Å². The highest BCUT2D eigenvalue weighted by atomic mass is 19.1. The van der Waals surface area contributed by atoms with Gasteiger partial charge in [0.15, 0.2) is 0 Å². The first-order valence-electron chi connectivity index (χ1n) is 10.7. The lowest BCUT2D eigenvalue weighted by Gasteiger charge is -2.36. The van der Waals surface area contributed by atoms with E-state index in [4.69, 9.17) is 9.47 Å². The van der Waals surface area contributed by atoms with Gasteiger partial charge in [-0.1, -0.05) is 42.5 Å². The van der Waals surface area contributed by atoms with E-state index in [9.17, 15) is 14.0 Å². The molecule has 6 nitrogen and oxygen atoms in total. The number of methoxy groups -OCH3 is 2. The Labute approximate surface area is 191 Å².